The number of amides is 1. The molecule has 0 saturated heterocycles. The third-order valence-corrected chi connectivity index (χ3v) is 3.38. The summed E-state index contributed by atoms with van der Waals surface area (Å²) in [6, 6.07) is 13.2. The van der Waals surface area contributed by atoms with Crippen molar-refractivity contribution >= 4 is 28.9 Å². The average molecular weight is 298 g/mol. The number of nitrogens with one attached hydrogen (secondary N) is 2. The van der Waals surface area contributed by atoms with Gasteiger partial charge in [0, 0.05) is 11.3 Å². The molecule has 0 bridgehead atoms. The SMILES string of the molecule is Cc1cc(C)c(NC(=S)NC(=O)c2ccccc2)c(C)c1. The summed E-state index contributed by atoms with van der Waals surface area (Å²) < 4.78 is 0. The second-order valence-electron chi connectivity index (χ2n) is 5.05. The molecule has 0 aliphatic heterocycles. The Balaban J connectivity index is 2.08. The van der Waals surface area contributed by atoms with Crippen molar-refractivity contribution in [1.82, 2.24) is 5.32 Å². The van der Waals surface area contributed by atoms with Gasteiger partial charge in [-0.25, -0.2) is 0 Å². The fourth-order valence-corrected chi connectivity index (χ4v) is 2.48. The van der Waals surface area contributed by atoms with E-state index >= 15 is 0 Å². The highest BCUT2D eigenvalue weighted by Crippen LogP contribution is 2.21. The van der Waals surface area contributed by atoms with Crippen LogP contribution in [0.5, 0.6) is 0 Å². The van der Waals surface area contributed by atoms with Crippen LogP contribution in [0.1, 0.15) is 27.0 Å². The van der Waals surface area contributed by atoms with Crippen LogP contribution in [0.2, 0.25) is 0 Å². The van der Waals surface area contributed by atoms with Gasteiger partial charge in [0.05, 0.1) is 0 Å². The lowest BCUT2D eigenvalue weighted by Gasteiger charge is -2.15. The van der Waals surface area contributed by atoms with Crippen LogP contribution in [-0.2, 0) is 0 Å². The van der Waals surface area contributed by atoms with Crippen molar-refractivity contribution in [2.24, 2.45) is 0 Å². The molecule has 0 atom stereocenters. The summed E-state index contributed by atoms with van der Waals surface area (Å²) in [6.07, 6.45) is 0. The van der Waals surface area contributed by atoms with Crippen molar-refractivity contribution in [3.63, 3.8) is 0 Å². The maximum atomic E-state index is 12.0. The predicted octanol–water partition coefficient (Wildman–Crippen LogP) is 3.74. The Morgan fingerprint density at radius 3 is 2.14 bits per heavy atom. The first kappa shape index (κ1) is 15.2. The Hall–Kier alpha value is -2.20. The van der Waals surface area contributed by atoms with E-state index in [1.165, 1.54) is 5.56 Å². The Bertz CT molecular complexity index is 657. The van der Waals surface area contributed by atoms with E-state index in [9.17, 15) is 4.79 Å². The molecule has 4 heteroatoms. The van der Waals surface area contributed by atoms with Gasteiger partial charge < -0.3 is 5.32 Å². The third kappa shape index (κ3) is 3.89. The normalized spacial score (nSPS) is 10.0. The number of benzene rings is 2. The van der Waals surface area contributed by atoms with Crippen molar-refractivity contribution in [3.8, 4) is 0 Å². The van der Waals surface area contributed by atoms with Gasteiger partial charge in [-0.2, -0.15) is 0 Å². The number of carbonyl (C=O) groups excluding carboxylic acids is 1. The molecule has 0 heterocycles. The van der Waals surface area contributed by atoms with Crippen LogP contribution in [-0.4, -0.2) is 11.0 Å². The molecule has 2 aromatic rings. The van der Waals surface area contributed by atoms with Crippen molar-refractivity contribution < 1.29 is 4.79 Å². The van der Waals surface area contributed by atoms with Crippen molar-refractivity contribution in [1.29, 1.82) is 0 Å². The molecule has 1 amide bonds. The molecule has 108 valence electrons. The molecular weight excluding hydrogens is 280 g/mol. The highest BCUT2D eigenvalue weighted by Gasteiger charge is 2.09. The monoisotopic (exact) mass is 298 g/mol. The molecule has 0 spiro atoms. The Labute approximate surface area is 130 Å². The first-order valence-electron chi connectivity index (χ1n) is 6.72. The number of hydrogen-bond acceptors (Lipinski definition) is 2. The maximum Gasteiger partial charge on any atom is 0.257 e. The summed E-state index contributed by atoms with van der Waals surface area (Å²) in [7, 11) is 0. The molecule has 0 fully saturated rings. The molecule has 21 heavy (non-hydrogen) atoms. The molecule has 0 aliphatic rings. The zero-order chi connectivity index (χ0) is 15.4. The maximum absolute atomic E-state index is 12.0. The average Bonchev–Trinajstić information content (AvgIpc) is 2.43. The minimum atomic E-state index is -0.212. The number of carbonyl (C=O) groups is 1. The van der Waals surface area contributed by atoms with Crippen LogP contribution in [0.3, 0.4) is 0 Å². The van der Waals surface area contributed by atoms with Gasteiger partial charge in [-0.15, -0.1) is 0 Å². The minimum absolute atomic E-state index is 0.212. The number of hydrogen-bond donors (Lipinski definition) is 2. The third-order valence-electron chi connectivity index (χ3n) is 3.18. The van der Waals surface area contributed by atoms with Gasteiger partial charge in [0.25, 0.3) is 5.91 Å². The van der Waals surface area contributed by atoms with Crippen LogP contribution in [0.15, 0.2) is 42.5 Å². The van der Waals surface area contributed by atoms with Gasteiger partial charge in [0.15, 0.2) is 5.11 Å². The largest absolute Gasteiger partial charge is 0.332 e. The van der Waals surface area contributed by atoms with Gasteiger partial charge in [-0.3, -0.25) is 10.1 Å². The van der Waals surface area contributed by atoms with Crippen molar-refractivity contribution in [2.45, 2.75) is 20.8 Å². The Morgan fingerprint density at radius 1 is 1.00 bits per heavy atom. The predicted molar refractivity (Wildman–Crippen MR) is 90.8 cm³/mol. The Kier molecular flexibility index (Phi) is 4.70. The zero-order valence-electron chi connectivity index (χ0n) is 12.4. The molecule has 0 aromatic heterocycles. The van der Waals surface area contributed by atoms with E-state index in [0.29, 0.717) is 10.7 Å². The highest BCUT2D eigenvalue weighted by atomic mass is 32.1. The van der Waals surface area contributed by atoms with Gasteiger partial charge in [0.1, 0.15) is 0 Å². The number of thiocarbonyl (C=S) groups is 1. The molecule has 0 unspecified atom stereocenters. The molecule has 2 aromatic carbocycles. The van der Waals surface area contributed by atoms with Crippen LogP contribution in [0.25, 0.3) is 0 Å². The van der Waals surface area contributed by atoms with Crippen LogP contribution in [0.4, 0.5) is 5.69 Å². The number of aryl methyl sites for hydroxylation is 3. The fourth-order valence-electron chi connectivity index (χ4n) is 2.29. The summed E-state index contributed by atoms with van der Waals surface area (Å²) in [4.78, 5) is 12.0. The van der Waals surface area contributed by atoms with Crippen LogP contribution < -0.4 is 10.6 Å². The summed E-state index contributed by atoms with van der Waals surface area (Å²) in [5, 5.41) is 6.11. The molecule has 0 radical (unpaired) electrons. The van der Waals surface area contributed by atoms with Gasteiger partial charge in [0.2, 0.25) is 0 Å². The van der Waals surface area contributed by atoms with E-state index < -0.39 is 0 Å². The van der Waals surface area contributed by atoms with E-state index in [1.807, 2.05) is 32.0 Å². The highest BCUT2D eigenvalue weighted by molar-refractivity contribution is 7.80. The molecule has 0 aliphatic carbocycles. The quantitative estimate of drug-likeness (QED) is 0.830. The van der Waals surface area contributed by atoms with Gasteiger partial charge in [-0.1, -0.05) is 35.9 Å². The van der Waals surface area contributed by atoms with E-state index in [4.69, 9.17) is 12.2 Å². The first-order chi connectivity index (χ1) is 9.97. The van der Waals surface area contributed by atoms with Gasteiger partial charge >= 0.3 is 0 Å². The lowest BCUT2D eigenvalue weighted by molar-refractivity contribution is 0.0977. The second-order valence-corrected chi connectivity index (χ2v) is 5.46. The number of anilines is 1. The lowest BCUT2D eigenvalue weighted by Crippen LogP contribution is -2.34. The van der Waals surface area contributed by atoms with Crippen molar-refractivity contribution in [3.05, 3.63) is 64.7 Å². The van der Waals surface area contributed by atoms with E-state index in [-0.39, 0.29) is 5.91 Å². The summed E-state index contributed by atoms with van der Waals surface area (Å²) in [5.74, 6) is -0.212. The van der Waals surface area contributed by atoms with E-state index in [2.05, 4.69) is 29.7 Å². The molecule has 3 nitrogen and oxygen atoms in total. The smallest absolute Gasteiger partial charge is 0.257 e. The zero-order valence-corrected chi connectivity index (χ0v) is 13.2. The minimum Gasteiger partial charge on any atom is -0.332 e. The molecule has 2 rings (SSSR count). The molecule has 0 saturated carbocycles. The van der Waals surface area contributed by atoms with Crippen molar-refractivity contribution in [2.75, 3.05) is 5.32 Å². The van der Waals surface area contributed by atoms with E-state index in [1.54, 1.807) is 12.1 Å². The second kappa shape index (κ2) is 6.50. The topological polar surface area (TPSA) is 41.1 Å². The summed E-state index contributed by atoms with van der Waals surface area (Å²) in [6.45, 7) is 6.09. The standard InChI is InChI=1S/C17H18N2OS/c1-11-9-12(2)15(13(3)10-11)18-17(21)19-16(20)14-7-5-4-6-8-14/h4-10H,1-3H3,(H2,18,19,20,21). The van der Waals surface area contributed by atoms with Crippen LogP contribution in [0, 0.1) is 20.8 Å². The van der Waals surface area contributed by atoms with Gasteiger partial charge in [-0.05, 0) is 56.2 Å². The van der Waals surface area contributed by atoms with Crippen LogP contribution >= 0.6 is 12.2 Å². The summed E-state index contributed by atoms with van der Waals surface area (Å²) >= 11 is 5.22. The first-order valence-corrected chi connectivity index (χ1v) is 7.13. The summed E-state index contributed by atoms with van der Waals surface area (Å²) in [5.41, 5.74) is 4.93. The molecular formula is C17H18N2OS. The van der Waals surface area contributed by atoms with E-state index in [0.717, 1.165) is 16.8 Å². The number of rotatable bonds is 2. The fraction of sp³-hybridized carbons (Fsp3) is 0.176. The Morgan fingerprint density at radius 2 is 1.57 bits per heavy atom. The molecule has 2 N–H and O–H groups in total. The lowest BCUT2D eigenvalue weighted by atomic mass is 10.1.